The van der Waals surface area contributed by atoms with E-state index in [-0.39, 0.29) is 5.91 Å². The topological polar surface area (TPSA) is 61.5 Å². The van der Waals surface area contributed by atoms with Gasteiger partial charge in [0.25, 0.3) is 5.91 Å². The molecule has 2 aromatic carbocycles. The summed E-state index contributed by atoms with van der Waals surface area (Å²) in [6.07, 6.45) is 5.27. The van der Waals surface area contributed by atoms with E-state index in [9.17, 15) is 4.79 Å². The van der Waals surface area contributed by atoms with Crippen molar-refractivity contribution >= 4 is 16.8 Å². The summed E-state index contributed by atoms with van der Waals surface area (Å²) in [5.41, 5.74) is 4.49. The molecule has 7 heteroatoms. The molecule has 0 unspecified atom stereocenters. The van der Waals surface area contributed by atoms with Crippen LogP contribution >= 0.6 is 0 Å². The Hall–Kier alpha value is -3.74. The van der Waals surface area contributed by atoms with Crippen molar-refractivity contribution in [2.24, 2.45) is 14.1 Å². The summed E-state index contributed by atoms with van der Waals surface area (Å²) in [5.74, 6) is 1.63. The maximum Gasteiger partial charge on any atom is 0.256 e. The second-order valence-corrected chi connectivity index (χ2v) is 8.92. The number of hydrogen-bond donors (Lipinski definition) is 0. The van der Waals surface area contributed by atoms with E-state index in [1.165, 1.54) is 0 Å². The highest BCUT2D eigenvalue weighted by Crippen LogP contribution is 2.49. The Morgan fingerprint density at radius 2 is 1.88 bits per heavy atom. The maximum atomic E-state index is 13.6. The second-order valence-electron chi connectivity index (χ2n) is 8.92. The predicted octanol–water partition coefficient (Wildman–Crippen LogP) is 4.11. The molecule has 0 N–H and O–H groups in total. The minimum Gasteiger partial charge on any atom is -0.496 e. The van der Waals surface area contributed by atoms with Gasteiger partial charge < -0.3 is 18.9 Å². The van der Waals surface area contributed by atoms with Crippen molar-refractivity contribution in [3.8, 4) is 22.8 Å². The van der Waals surface area contributed by atoms with Crippen LogP contribution in [-0.2, 0) is 19.7 Å². The summed E-state index contributed by atoms with van der Waals surface area (Å²) >= 11 is 0. The first-order chi connectivity index (χ1) is 16.0. The van der Waals surface area contributed by atoms with Crippen LogP contribution in [0.1, 0.15) is 28.8 Å². The molecule has 1 saturated heterocycles. The van der Waals surface area contributed by atoms with Crippen LogP contribution in [0.15, 0.2) is 54.9 Å². The lowest BCUT2D eigenvalue weighted by molar-refractivity contribution is -0.00167. The van der Waals surface area contributed by atoms with E-state index in [0.29, 0.717) is 31.5 Å². The smallest absolute Gasteiger partial charge is 0.256 e. The van der Waals surface area contributed by atoms with Crippen molar-refractivity contribution in [3.63, 3.8) is 0 Å². The van der Waals surface area contributed by atoms with E-state index >= 15 is 0 Å². The van der Waals surface area contributed by atoms with Crippen LogP contribution in [0.2, 0.25) is 0 Å². The summed E-state index contributed by atoms with van der Waals surface area (Å²) in [6, 6.07) is 14.0. The molecule has 2 aromatic heterocycles. The molecule has 0 radical (unpaired) electrons. The van der Waals surface area contributed by atoms with E-state index in [2.05, 4.69) is 11.2 Å². The molecule has 0 saturated carbocycles. The summed E-state index contributed by atoms with van der Waals surface area (Å²) in [6.45, 7) is 1.22. The lowest BCUT2D eigenvalue weighted by Crippen LogP contribution is -2.49. The molecule has 4 aromatic rings. The number of carbonyl (C=O) groups is 1. The molecule has 6 rings (SSSR count). The number of methoxy groups -OCH3 is 1. The van der Waals surface area contributed by atoms with Gasteiger partial charge in [0.1, 0.15) is 17.1 Å². The van der Waals surface area contributed by atoms with E-state index < -0.39 is 5.60 Å². The van der Waals surface area contributed by atoms with Crippen molar-refractivity contribution in [1.29, 1.82) is 0 Å². The zero-order chi connectivity index (χ0) is 22.7. The van der Waals surface area contributed by atoms with Gasteiger partial charge in [-0.1, -0.05) is 18.2 Å². The molecule has 0 bridgehead atoms. The first kappa shape index (κ1) is 19.9. The van der Waals surface area contributed by atoms with Crippen LogP contribution in [0.4, 0.5) is 0 Å². The van der Waals surface area contributed by atoms with Gasteiger partial charge in [-0.25, -0.2) is 0 Å². The van der Waals surface area contributed by atoms with Gasteiger partial charge in [-0.05, 0) is 24.3 Å². The van der Waals surface area contributed by atoms with E-state index in [4.69, 9.17) is 9.47 Å². The predicted molar refractivity (Wildman–Crippen MR) is 126 cm³/mol. The summed E-state index contributed by atoms with van der Waals surface area (Å²) in [5, 5.41) is 5.41. The molecule has 7 nitrogen and oxygen atoms in total. The number of benzene rings is 2. The summed E-state index contributed by atoms with van der Waals surface area (Å²) in [4.78, 5) is 15.6. The number of aryl methyl sites for hydroxylation is 2. The van der Waals surface area contributed by atoms with Gasteiger partial charge in [0.15, 0.2) is 0 Å². The highest BCUT2D eigenvalue weighted by Gasteiger charge is 2.46. The van der Waals surface area contributed by atoms with E-state index in [0.717, 1.165) is 39.2 Å². The minimum atomic E-state index is -0.467. The van der Waals surface area contributed by atoms with Gasteiger partial charge >= 0.3 is 0 Å². The molecule has 2 aliphatic rings. The number of rotatable bonds is 2. The zero-order valence-corrected chi connectivity index (χ0v) is 19.0. The SMILES string of the molecule is COc1cccc2c1c(C(=O)N1CCC3(CC1)Oc1ccccc1-c1c3cnn1C)cn2C. The number of piperidine rings is 1. The second kappa shape index (κ2) is 7.13. The molecule has 4 heterocycles. The third-order valence-corrected chi connectivity index (χ3v) is 7.16. The number of fused-ring (bicyclic) bond motifs is 5. The largest absolute Gasteiger partial charge is 0.496 e. The number of amides is 1. The highest BCUT2D eigenvalue weighted by atomic mass is 16.5. The van der Waals surface area contributed by atoms with Crippen molar-refractivity contribution < 1.29 is 14.3 Å². The molecule has 0 aliphatic carbocycles. The van der Waals surface area contributed by atoms with Crippen LogP contribution in [0.3, 0.4) is 0 Å². The van der Waals surface area contributed by atoms with Crippen molar-refractivity contribution in [1.82, 2.24) is 19.2 Å². The Balaban J connectivity index is 1.32. The average Bonchev–Trinajstić information content (AvgIpc) is 3.40. The molecule has 1 spiro atoms. The quantitative estimate of drug-likeness (QED) is 0.469. The van der Waals surface area contributed by atoms with Crippen LogP contribution in [-0.4, -0.2) is 45.4 Å². The Labute approximate surface area is 192 Å². The van der Waals surface area contributed by atoms with Crippen LogP contribution < -0.4 is 9.47 Å². The number of likely N-dealkylation sites (tertiary alicyclic amines) is 1. The van der Waals surface area contributed by atoms with Gasteiger partial charge in [-0.3, -0.25) is 9.48 Å². The molecule has 33 heavy (non-hydrogen) atoms. The Kier molecular flexibility index (Phi) is 4.30. The normalized spacial score (nSPS) is 16.4. The fraction of sp³-hybridized carbons (Fsp3) is 0.308. The van der Waals surface area contributed by atoms with Gasteiger partial charge in [-0.15, -0.1) is 0 Å². The molecular formula is C26H26N4O3. The minimum absolute atomic E-state index is 0.0302. The van der Waals surface area contributed by atoms with Crippen molar-refractivity contribution in [3.05, 3.63) is 66.0 Å². The number of ether oxygens (including phenoxy) is 2. The first-order valence-corrected chi connectivity index (χ1v) is 11.2. The van der Waals surface area contributed by atoms with E-state index in [1.807, 2.05) is 77.0 Å². The van der Waals surface area contributed by atoms with Crippen molar-refractivity contribution in [2.45, 2.75) is 18.4 Å². The van der Waals surface area contributed by atoms with Gasteiger partial charge in [0, 0.05) is 57.4 Å². The highest BCUT2D eigenvalue weighted by molar-refractivity contribution is 6.09. The van der Waals surface area contributed by atoms with Gasteiger partial charge in [0.2, 0.25) is 0 Å². The number of carbonyl (C=O) groups excluding carboxylic acids is 1. The van der Waals surface area contributed by atoms with Crippen LogP contribution in [0.5, 0.6) is 11.5 Å². The van der Waals surface area contributed by atoms with Crippen LogP contribution in [0, 0.1) is 0 Å². The summed E-state index contributed by atoms with van der Waals surface area (Å²) in [7, 11) is 5.58. The molecular weight excluding hydrogens is 416 g/mol. The molecule has 0 atom stereocenters. The van der Waals surface area contributed by atoms with Gasteiger partial charge in [0.05, 0.1) is 35.5 Å². The fourth-order valence-corrected chi connectivity index (χ4v) is 5.46. The third-order valence-electron chi connectivity index (χ3n) is 7.16. The Morgan fingerprint density at radius 3 is 2.67 bits per heavy atom. The van der Waals surface area contributed by atoms with Crippen LogP contribution in [0.25, 0.3) is 22.2 Å². The van der Waals surface area contributed by atoms with Gasteiger partial charge in [-0.2, -0.15) is 5.10 Å². The molecule has 2 aliphatic heterocycles. The standard InChI is InChI=1S/C26H26N4O3/c1-28-16-18(23-20(28)8-6-10-22(23)32-3)25(31)30-13-11-26(12-14-30)19-15-27-29(2)24(19)17-7-4-5-9-21(17)33-26/h4-10,15-16H,11-14H2,1-3H3. The number of para-hydroxylation sites is 1. The Morgan fingerprint density at radius 1 is 1.09 bits per heavy atom. The monoisotopic (exact) mass is 442 g/mol. The van der Waals surface area contributed by atoms with Crippen molar-refractivity contribution in [2.75, 3.05) is 20.2 Å². The van der Waals surface area contributed by atoms with E-state index in [1.54, 1.807) is 7.11 Å². The fourth-order valence-electron chi connectivity index (χ4n) is 5.46. The average molecular weight is 443 g/mol. The molecule has 1 amide bonds. The zero-order valence-electron chi connectivity index (χ0n) is 19.0. The number of nitrogens with zero attached hydrogens (tertiary/aromatic N) is 4. The first-order valence-electron chi connectivity index (χ1n) is 11.2. The molecule has 168 valence electrons. The molecule has 1 fully saturated rings. The lowest BCUT2D eigenvalue weighted by Gasteiger charge is -2.44. The maximum absolute atomic E-state index is 13.6. The Bertz CT molecular complexity index is 1390. The third kappa shape index (κ3) is 2.81. The lowest BCUT2D eigenvalue weighted by atomic mass is 9.81. The summed E-state index contributed by atoms with van der Waals surface area (Å²) < 4.78 is 16.1. The number of aromatic nitrogens is 3. The number of hydrogen-bond acceptors (Lipinski definition) is 4.